The van der Waals surface area contributed by atoms with Gasteiger partial charge < -0.3 is 5.73 Å². The summed E-state index contributed by atoms with van der Waals surface area (Å²) in [6.45, 7) is 2.59. The Morgan fingerprint density at radius 3 is 3.00 bits per heavy atom. The first-order valence-electron chi connectivity index (χ1n) is 4.91. The van der Waals surface area contributed by atoms with Gasteiger partial charge in [0.15, 0.2) is 0 Å². The summed E-state index contributed by atoms with van der Waals surface area (Å²) >= 11 is 4.77. The molecule has 0 aliphatic carbocycles. The lowest BCUT2D eigenvalue weighted by Crippen LogP contribution is -2.22. The van der Waals surface area contributed by atoms with Gasteiger partial charge >= 0.3 is 5.69 Å². The average molecular weight is 225 g/mol. The van der Waals surface area contributed by atoms with Crippen molar-refractivity contribution < 1.29 is 0 Å². The van der Waals surface area contributed by atoms with Crippen molar-refractivity contribution in [3.05, 3.63) is 28.4 Å². The van der Waals surface area contributed by atoms with E-state index in [1.165, 1.54) is 0 Å². The summed E-state index contributed by atoms with van der Waals surface area (Å²) < 4.78 is 1.62. The zero-order chi connectivity index (χ0) is 11.3. The number of hydrogen-bond acceptors (Lipinski definition) is 3. The molecule has 5 heteroatoms. The van der Waals surface area contributed by atoms with Crippen LogP contribution in [0.3, 0.4) is 0 Å². The quantitative estimate of drug-likeness (QED) is 0.600. The average Bonchev–Trinajstić information content (AvgIpc) is 2.17. The van der Waals surface area contributed by atoms with E-state index in [1.807, 2.05) is 13.1 Å². The monoisotopic (exact) mass is 225 g/mol. The van der Waals surface area contributed by atoms with Crippen molar-refractivity contribution >= 4 is 17.2 Å². The predicted molar refractivity (Wildman–Crippen MR) is 63.9 cm³/mol. The maximum atomic E-state index is 11.3. The van der Waals surface area contributed by atoms with Crippen LogP contribution in [0.1, 0.15) is 24.8 Å². The van der Waals surface area contributed by atoms with E-state index in [-0.39, 0.29) is 5.69 Å². The molecule has 0 unspecified atom stereocenters. The van der Waals surface area contributed by atoms with Gasteiger partial charge in [-0.1, -0.05) is 12.2 Å². The van der Waals surface area contributed by atoms with Crippen LogP contribution in [0.15, 0.2) is 17.2 Å². The van der Waals surface area contributed by atoms with Crippen molar-refractivity contribution in [2.45, 2.75) is 32.7 Å². The number of rotatable bonds is 5. The molecule has 0 fully saturated rings. The topological polar surface area (TPSA) is 60.9 Å². The largest absolute Gasteiger partial charge is 0.393 e. The minimum atomic E-state index is -0.198. The Morgan fingerprint density at radius 2 is 2.33 bits per heavy atom. The number of nitrogens with zero attached hydrogens (tertiary/aromatic N) is 2. The van der Waals surface area contributed by atoms with Crippen LogP contribution in [-0.4, -0.2) is 14.5 Å². The van der Waals surface area contributed by atoms with Crippen LogP contribution in [0, 0.1) is 6.92 Å². The molecule has 0 aliphatic heterocycles. The highest BCUT2D eigenvalue weighted by Gasteiger charge is 1.97. The van der Waals surface area contributed by atoms with Gasteiger partial charge in [0, 0.05) is 18.9 Å². The predicted octanol–water partition coefficient (Wildman–Crippen LogP) is 1.01. The Bertz CT molecular complexity index is 400. The van der Waals surface area contributed by atoms with Crippen LogP contribution >= 0.6 is 12.2 Å². The van der Waals surface area contributed by atoms with E-state index in [0.717, 1.165) is 24.8 Å². The first-order chi connectivity index (χ1) is 7.09. The maximum Gasteiger partial charge on any atom is 0.347 e. The molecule has 1 aromatic heterocycles. The molecule has 1 aromatic rings. The van der Waals surface area contributed by atoms with Crippen molar-refractivity contribution in [2.24, 2.45) is 5.73 Å². The van der Waals surface area contributed by atoms with Crippen LogP contribution in [0.4, 0.5) is 0 Å². The molecule has 0 saturated carbocycles. The molecule has 4 nitrogen and oxygen atoms in total. The van der Waals surface area contributed by atoms with Gasteiger partial charge in [0.1, 0.15) is 0 Å². The molecule has 15 heavy (non-hydrogen) atoms. The number of aryl methyl sites for hydroxylation is 2. The second-order valence-corrected chi connectivity index (χ2v) is 4.06. The lowest BCUT2D eigenvalue weighted by Gasteiger charge is -2.04. The number of thiocarbonyl (C=S) groups is 1. The Balaban J connectivity index is 2.47. The summed E-state index contributed by atoms with van der Waals surface area (Å²) in [5.41, 5.74) is 6.17. The number of hydrogen-bond donors (Lipinski definition) is 1. The molecule has 0 bridgehead atoms. The van der Waals surface area contributed by atoms with Gasteiger partial charge in [0.25, 0.3) is 0 Å². The van der Waals surface area contributed by atoms with Crippen molar-refractivity contribution in [1.29, 1.82) is 0 Å². The molecule has 1 heterocycles. The summed E-state index contributed by atoms with van der Waals surface area (Å²) in [6.07, 6.45) is 5.94. The molecule has 0 saturated heterocycles. The standard InChI is InChI=1S/C10H15N3OS/c1-8-6-12-10(14)13(7-8)5-3-2-4-9(11)15/h6-7H,2-5H2,1H3,(H2,11,15). The minimum Gasteiger partial charge on any atom is -0.393 e. The van der Waals surface area contributed by atoms with Crippen LogP contribution in [0.2, 0.25) is 0 Å². The Hall–Kier alpha value is -1.23. The maximum absolute atomic E-state index is 11.3. The number of nitrogens with two attached hydrogens (primary N) is 1. The van der Waals surface area contributed by atoms with Crippen molar-refractivity contribution in [1.82, 2.24) is 9.55 Å². The van der Waals surface area contributed by atoms with Crippen LogP contribution in [-0.2, 0) is 6.54 Å². The summed E-state index contributed by atoms with van der Waals surface area (Å²) in [4.78, 5) is 15.6. The summed E-state index contributed by atoms with van der Waals surface area (Å²) in [5, 5.41) is 0. The van der Waals surface area contributed by atoms with E-state index < -0.39 is 0 Å². The molecular weight excluding hydrogens is 210 g/mol. The van der Waals surface area contributed by atoms with E-state index in [2.05, 4.69) is 4.98 Å². The van der Waals surface area contributed by atoms with Gasteiger partial charge in [-0.05, 0) is 31.7 Å². The summed E-state index contributed by atoms with van der Waals surface area (Å²) in [5.74, 6) is 0. The van der Waals surface area contributed by atoms with Crippen molar-refractivity contribution in [3.8, 4) is 0 Å². The smallest absolute Gasteiger partial charge is 0.347 e. The van der Waals surface area contributed by atoms with Gasteiger partial charge in [-0.3, -0.25) is 4.57 Å². The SMILES string of the molecule is Cc1cnc(=O)n(CCCCC(N)=S)c1. The van der Waals surface area contributed by atoms with Gasteiger partial charge in [-0.15, -0.1) is 0 Å². The number of aromatic nitrogens is 2. The second-order valence-electron chi connectivity index (χ2n) is 3.53. The zero-order valence-corrected chi connectivity index (χ0v) is 9.59. The molecule has 0 spiro atoms. The minimum absolute atomic E-state index is 0.198. The first-order valence-corrected chi connectivity index (χ1v) is 5.32. The third kappa shape index (κ3) is 4.20. The van der Waals surface area contributed by atoms with E-state index in [1.54, 1.807) is 10.8 Å². The van der Waals surface area contributed by atoms with Gasteiger partial charge in [0.2, 0.25) is 0 Å². The van der Waals surface area contributed by atoms with Crippen LogP contribution in [0.25, 0.3) is 0 Å². The second kappa shape index (κ2) is 5.60. The highest BCUT2D eigenvalue weighted by atomic mass is 32.1. The van der Waals surface area contributed by atoms with Crippen LogP contribution < -0.4 is 11.4 Å². The summed E-state index contributed by atoms with van der Waals surface area (Å²) in [6, 6.07) is 0. The van der Waals surface area contributed by atoms with Crippen molar-refractivity contribution in [3.63, 3.8) is 0 Å². The van der Waals surface area contributed by atoms with E-state index >= 15 is 0 Å². The summed E-state index contributed by atoms with van der Waals surface area (Å²) in [7, 11) is 0. The zero-order valence-electron chi connectivity index (χ0n) is 8.77. The van der Waals surface area contributed by atoms with E-state index in [4.69, 9.17) is 18.0 Å². The molecule has 0 aliphatic rings. The molecule has 0 amide bonds. The third-order valence-corrected chi connectivity index (χ3v) is 2.26. The first kappa shape index (κ1) is 11.8. The highest BCUT2D eigenvalue weighted by molar-refractivity contribution is 7.80. The van der Waals surface area contributed by atoms with Crippen molar-refractivity contribution in [2.75, 3.05) is 0 Å². The molecule has 0 radical (unpaired) electrons. The van der Waals surface area contributed by atoms with E-state index in [9.17, 15) is 4.79 Å². The molecule has 2 N–H and O–H groups in total. The fourth-order valence-corrected chi connectivity index (χ4v) is 1.45. The molecule has 0 atom stereocenters. The molecular formula is C10H15N3OS. The highest BCUT2D eigenvalue weighted by Crippen LogP contribution is 1.98. The Morgan fingerprint density at radius 1 is 1.60 bits per heavy atom. The Labute approximate surface area is 94.1 Å². The third-order valence-electron chi connectivity index (χ3n) is 2.06. The fourth-order valence-electron chi connectivity index (χ4n) is 1.31. The number of unbranched alkanes of at least 4 members (excludes halogenated alkanes) is 1. The van der Waals surface area contributed by atoms with Crippen LogP contribution in [0.5, 0.6) is 0 Å². The molecule has 1 rings (SSSR count). The van der Waals surface area contributed by atoms with Gasteiger partial charge in [-0.25, -0.2) is 9.78 Å². The van der Waals surface area contributed by atoms with E-state index in [0.29, 0.717) is 11.5 Å². The molecule has 82 valence electrons. The van der Waals surface area contributed by atoms with Gasteiger partial charge in [-0.2, -0.15) is 0 Å². The Kier molecular flexibility index (Phi) is 4.42. The lowest BCUT2D eigenvalue weighted by atomic mass is 10.2. The fraction of sp³-hybridized carbons (Fsp3) is 0.500. The molecule has 0 aromatic carbocycles. The van der Waals surface area contributed by atoms with Gasteiger partial charge in [0.05, 0.1) is 4.99 Å². The lowest BCUT2D eigenvalue weighted by molar-refractivity contribution is 0.588. The normalized spacial score (nSPS) is 10.2.